The molecule has 2 heterocycles. The lowest BCUT2D eigenvalue weighted by Crippen LogP contribution is -2.51. The molecule has 0 bridgehead atoms. The van der Waals surface area contributed by atoms with E-state index in [1.165, 1.54) is 0 Å². The van der Waals surface area contributed by atoms with Crippen LogP contribution in [0.4, 0.5) is 5.69 Å². The van der Waals surface area contributed by atoms with Gasteiger partial charge in [-0.1, -0.05) is 6.92 Å². The number of nitrogens with one attached hydrogen (secondary N) is 2. The molecule has 1 fully saturated rings. The Balaban J connectivity index is 0.00000243. The first-order valence-corrected chi connectivity index (χ1v) is 8.59. The van der Waals surface area contributed by atoms with Crippen molar-refractivity contribution >= 4 is 34.9 Å². The number of carbonyl (C=O) groups excluding carboxylic acids is 1. The van der Waals surface area contributed by atoms with Crippen LogP contribution < -0.4 is 15.5 Å². The summed E-state index contributed by atoms with van der Waals surface area (Å²) in [6.45, 7) is 4.21. The summed E-state index contributed by atoms with van der Waals surface area (Å²) in [5.41, 5.74) is 2.39. The summed E-state index contributed by atoms with van der Waals surface area (Å²) >= 11 is 0. The third kappa shape index (κ3) is 4.24. The highest BCUT2D eigenvalue weighted by Gasteiger charge is 2.27. The number of aromatic nitrogens is 1. The van der Waals surface area contributed by atoms with Gasteiger partial charge in [-0.15, -0.1) is 12.4 Å². The number of halogens is 1. The molecule has 2 atom stereocenters. The van der Waals surface area contributed by atoms with Gasteiger partial charge in [-0.25, -0.2) is 0 Å². The molecule has 1 aromatic carbocycles. The third-order valence-electron chi connectivity index (χ3n) is 4.57. The summed E-state index contributed by atoms with van der Waals surface area (Å²) in [6, 6.07) is 10.1. The predicted octanol–water partition coefficient (Wildman–Crippen LogP) is 2.08. The van der Waals surface area contributed by atoms with Gasteiger partial charge in [-0.2, -0.15) is 5.26 Å². The van der Waals surface area contributed by atoms with Crippen LogP contribution in [-0.2, 0) is 4.79 Å². The first kappa shape index (κ1) is 20.0. The quantitative estimate of drug-likeness (QED) is 0.857. The van der Waals surface area contributed by atoms with E-state index in [9.17, 15) is 10.1 Å². The third-order valence-corrected chi connectivity index (χ3v) is 4.57. The Morgan fingerprint density at radius 3 is 2.92 bits per heavy atom. The van der Waals surface area contributed by atoms with Crippen LogP contribution in [0.5, 0.6) is 0 Å². The van der Waals surface area contributed by atoms with Gasteiger partial charge in [-0.3, -0.25) is 9.78 Å². The van der Waals surface area contributed by atoms with Crippen molar-refractivity contribution in [3.8, 4) is 6.07 Å². The largest absolute Gasteiger partial charge is 0.369 e. The fraction of sp³-hybridized carbons (Fsp3) is 0.421. The number of rotatable bonds is 4. The molecule has 1 amide bonds. The van der Waals surface area contributed by atoms with E-state index in [0.29, 0.717) is 18.0 Å². The van der Waals surface area contributed by atoms with Crippen LogP contribution in [0.25, 0.3) is 10.9 Å². The molecule has 2 aromatic rings. The molecule has 2 unspecified atom stereocenters. The molecule has 26 heavy (non-hydrogen) atoms. The van der Waals surface area contributed by atoms with Gasteiger partial charge in [-0.05, 0) is 43.7 Å². The summed E-state index contributed by atoms with van der Waals surface area (Å²) in [4.78, 5) is 18.6. The van der Waals surface area contributed by atoms with Crippen LogP contribution >= 0.6 is 12.4 Å². The number of amides is 1. The van der Waals surface area contributed by atoms with Crippen molar-refractivity contribution in [2.24, 2.45) is 5.92 Å². The molecule has 2 N–H and O–H groups in total. The fourth-order valence-electron chi connectivity index (χ4n) is 3.62. The van der Waals surface area contributed by atoms with Crippen molar-refractivity contribution in [2.75, 3.05) is 31.6 Å². The molecular formula is C19H24ClN5O. The maximum Gasteiger partial charge on any atom is 0.234 e. The van der Waals surface area contributed by atoms with E-state index >= 15 is 0 Å². The van der Waals surface area contributed by atoms with Crippen molar-refractivity contribution in [1.29, 1.82) is 5.26 Å². The summed E-state index contributed by atoms with van der Waals surface area (Å²) < 4.78 is 0. The van der Waals surface area contributed by atoms with Crippen molar-refractivity contribution < 1.29 is 4.79 Å². The van der Waals surface area contributed by atoms with Crippen LogP contribution in [0.3, 0.4) is 0 Å². The Kier molecular flexibility index (Phi) is 6.78. The van der Waals surface area contributed by atoms with Crippen LogP contribution in [0.15, 0.2) is 30.5 Å². The Morgan fingerprint density at radius 1 is 1.38 bits per heavy atom. The maximum absolute atomic E-state index is 11.9. The lowest BCUT2D eigenvalue weighted by Gasteiger charge is -2.38. The van der Waals surface area contributed by atoms with Crippen LogP contribution in [0.2, 0.25) is 0 Å². The molecule has 0 saturated carbocycles. The van der Waals surface area contributed by atoms with Gasteiger partial charge in [0.1, 0.15) is 6.07 Å². The Hall–Kier alpha value is -2.36. The molecule has 1 saturated heterocycles. The van der Waals surface area contributed by atoms with Crippen molar-refractivity contribution in [3.63, 3.8) is 0 Å². The van der Waals surface area contributed by atoms with Crippen molar-refractivity contribution in [1.82, 2.24) is 15.6 Å². The van der Waals surface area contributed by atoms with Crippen LogP contribution in [-0.4, -0.2) is 43.6 Å². The highest BCUT2D eigenvalue weighted by atomic mass is 35.5. The molecule has 1 aliphatic rings. The first-order valence-electron chi connectivity index (χ1n) is 8.59. The topological polar surface area (TPSA) is 81.0 Å². The van der Waals surface area contributed by atoms with E-state index < -0.39 is 0 Å². The number of carbonyl (C=O) groups is 1. The minimum atomic E-state index is 0. The smallest absolute Gasteiger partial charge is 0.234 e. The van der Waals surface area contributed by atoms with E-state index in [2.05, 4.69) is 33.5 Å². The van der Waals surface area contributed by atoms with Crippen molar-refractivity contribution in [3.05, 3.63) is 36.0 Å². The number of anilines is 1. The van der Waals surface area contributed by atoms with Gasteiger partial charge in [0.05, 0.1) is 17.6 Å². The normalized spacial score (nSPS) is 19.5. The van der Waals surface area contributed by atoms with Crippen LogP contribution in [0, 0.1) is 17.2 Å². The van der Waals surface area contributed by atoms with E-state index in [0.717, 1.165) is 36.1 Å². The molecular weight excluding hydrogens is 350 g/mol. The van der Waals surface area contributed by atoms with Crippen molar-refractivity contribution in [2.45, 2.75) is 19.4 Å². The monoisotopic (exact) mass is 373 g/mol. The number of nitrogens with zero attached hydrogens (tertiary/aromatic N) is 3. The highest BCUT2D eigenvalue weighted by molar-refractivity contribution is 5.95. The lowest BCUT2D eigenvalue weighted by atomic mass is 9.94. The van der Waals surface area contributed by atoms with Gasteiger partial charge < -0.3 is 15.5 Å². The molecule has 6 nitrogen and oxygen atoms in total. The van der Waals surface area contributed by atoms with E-state index in [-0.39, 0.29) is 24.4 Å². The SMILES string of the molecule is CNCC(=O)NC1CC(C)CN(c2ccc(C#N)c3ncccc23)C1.Cl. The number of hydrogen-bond acceptors (Lipinski definition) is 5. The molecule has 0 aliphatic carbocycles. The molecule has 7 heteroatoms. The van der Waals surface area contributed by atoms with E-state index in [1.54, 1.807) is 13.2 Å². The average Bonchev–Trinajstić information content (AvgIpc) is 2.60. The number of benzene rings is 1. The highest BCUT2D eigenvalue weighted by Crippen LogP contribution is 2.31. The van der Waals surface area contributed by atoms with Gasteiger partial charge in [0, 0.05) is 36.4 Å². The van der Waals surface area contributed by atoms with E-state index in [1.807, 2.05) is 24.3 Å². The number of nitriles is 1. The summed E-state index contributed by atoms with van der Waals surface area (Å²) in [6.07, 6.45) is 2.69. The number of fused-ring (bicyclic) bond motifs is 1. The summed E-state index contributed by atoms with van der Waals surface area (Å²) in [5.74, 6) is 0.490. The molecule has 0 spiro atoms. The second-order valence-electron chi connectivity index (χ2n) is 6.68. The number of pyridine rings is 1. The Bertz CT molecular complexity index is 819. The minimum Gasteiger partial charge on any atom is -0.369 e. The standard InChI is InChI=1S/C19H23N5O.ClH/c1-13-8-15(23-18(25)10-21-2)12-24(11-13)17-6-5-14(9-20)19-16(17)4-3-7-22-19;/h3-7,13,15,21H,8,10-12H2,1-2H3,(H,23,25);1H. The fourth-order valence-corrected chi connectivity index (χ4v) is 3.62. The molecule has 138 valence electrons. The van der Waals surface area contributed by atoms with Gasteiger partial charge in [0.25, 0.3) is 0 Å². The zero-order valence-electron chi connectivity index (χ0n) is 15.0. The molecule has 1 aromatic heterocycles. The van der Waals surface area contributed by atoms with Gasteiger partial charge in [0.2, 0.25) is 5.91 Å². The Morgan fingerprint density at radius 2 is 2.19 bits per heavy atom. The molecule has 1 aliphatic heterocycles. The zero-order chi connectivity index (χ0) is 17.8. The van der Waals surface area contributed by atoms with Gasteiger partial charge in [0.15, 0.2) is 0 Å². The summed E-state index contributed by atoms with van der Waals surface area (Å²) in [5, 5.41) is 16.3. The maximum atomic E-state index is 11.9. The zero-order valence-corrected chi connectivity index (χ0v) is 15.8. The predicted molar refractivity (Wildman–Crippen MR) is 106 cm³/mol. The molecule has 3 rings (SSSR count). The number of hydrogen-bond donors (Lipinski definition) is 2. The molecule has 0 radical (unpaired) electrons. The first-order chi connectivity index (χ1) is 12.1. The second kappa shape index (κ2) is 8.84. The van der Waals surface area contributed by atoms with E-state index in [4.69, 9.17) is 0 Å². The average molecular weight is 374 g/mol. The number of likely N-dealkylation sites (N-methyl/N-ethyl adjacent to an activating group) is 1. The minimum absolute atomic E-state index is 0. The summed E-state index contributed by atoms with van der Waals surface area (Å²) in [7, 11) is 1.77. The lowest BCUT2D eigenvalue weighted by molar-refractivity contribution is -0.120. The second-order valence-corrected chi connectivity index (χ2v) is 6.68. The van der Waals surface area contributed by atoms with Crippen LogP contribution in [0.1, 0.15) is 18.9 Å². The Labute approximate surface area is 160 Å². The van der Waals surface area contributed by atoms with Gasteiger partial charge >= 0.3 is 0 Å². The number of piperidine rings is 1.